The molecule has 4 rings (SSSR count). The first-order valence-corrected chi connectivity index (χ1v) is 11.6. The monoisotopic (exact) mass is 470 g/mol. The molecule has 0 aliphatic carbocycles. The van der Waals surface area contributed by atoms with E-state index in [-0.39, 0.29) is 28.9 Å². The number of aliphatic hydroxyl groups is 1. The van der Waals surface area contributed by atoms with Crippen molar-refractivity contribution in [3.05, 3.63) is 41.2 Å². The van der Waals surface area contributed by atoms with Crippen molar-refractivity contribution in [3.8, 4) is 23.7 Å². The Hall–Kier alpha value is -3.35. The molecule has 0 bridgehead atoms. The number of carbonyl (C=O) groups excluding carboxylic acids is 1. The third kappa shape index (κ3) is 4.58. The van der Waals surface area contributed by atoms with Gasteiger partial charge < -0.3 is 24.5 Å². The number of fused-ring (bicyclic) bond motifs is 1. The SMILES string of the molecule is Cc1ccc(NC(=O)c2c3c(cn2C)S(=O)(=O)N[C@H]([C@@H](O)C#CC2COC2)CO3)cc1C#N. The second kappa shape index (κ2) is 8.89. The van der Waals surface area contributed by atoms with E-state index < -0.39 is 28.1 Å². The van der Waals surface area contributed by atoms with Crippen LogP contribution in [0.25, 0.3) is 0 Å². The van der Waals surface area contributed by atoms with Gasteiger partial charge in [0.15, 0.2) is 11.4 Å². The van der Waals surface area contributed by atoms with Crippen molar-refractivity contribution in [2.24, 2.45) is 13.0 Å². The van der Waals surface area contributed by atoms with Crippen molar-refractivity contribution in [2.45, 2.75) is 24.0 Å². The van der Waals surface area contributed by atoms with Crippen LogP contribution in [0, 0.1) is 36.0 Å². The summed E-state index contributed by atoms with van der Waals surface area (Å²) in [7, 11) is -2.57. The van der Waals surface area contributed by atoms with Gasteiger partial charge in [-0.3, -0.25) is 4.79 Å². The first-order chi connectivity index (χ1) is 15.7. The molecular weight excluding hydrogens is 448 g/mol. The van der Waals surface area contributed by atoms with Crippen LogP contribution in [0.4, 0.5) is 5.69 Å². The number of amides is 1. The van der Waals surface area contributed by atoms with Crippen molar-refractivity contribution in [3.63, 3.8) is 0 Å². The Morgan fingerprint density at radius 3 is 2.79 bits per heavy atom. The van der Waals surface area contributed by atoms with Gasteiger partial charge in [-0.2, -0.15) is 5.26 Å². The number of sulfonamides is 1. The summed E-state index contributed by atoms with van der Waals surface area (Å²) in [5.74, 6) is 4.78. The zero-order valence-corrected chi connectivity index (χ0v) is 18.8. The molecule has 172 valence electrons. The molecule has 1 fully saturated rings. The molecule has 1 aromatic carbocycles. The molecule has 1 saturated heterocycles. The summed E-state index contributed by atoms with van der Waals surface area (Å²) in [5.41, 5.74) is 1.55. The smallest absolute Gasteiger partial charge is 0.276 e. The van der Waals surface area contributed by atoms with Gasteiger partial charge in [0, 0.05) is 18.9 Å². The van der Waals surface area contributed by atoms with Gasteiger partial charge in [-0.25, -0.2) is 13.1 Å². The van der Waals surface area contributed by atoms with Gasteiger partial charge in [0.25, 0.3) is 5.91 Å². The molecule has 1 aromatic heterocycles. The summed E-state index contributed by atoms with van der Waals surface area (Å²) in [6.45, 7) is 2.51. The number of rotatable bonds is 3. The minimum absolute atomic E-state index is 0.0118. The molecule has 2 aliphatic heterocycles. The van der Waals surface area contributed by atoms with E-state index in [1.165, 1.54) is 23.9 Å². The molecule has 33 heavy (non-hydrogen) atoms. The maximum atomic E-state index is 13.0. The highest BCUT2D eigenvalue weighted by Crippen LogP contribution is 2.33. The lowest BCUT2D eigenvalue weighted by Gasteiger charge is -2.21. The van der Waals surface area contributed by atoms with Gasteiger partial charge in [0.2, 0.25) is 10.0 Å². The molecule has 2 aliphatic rings. The van der Waals surface area contributed by atoms with Crippen molar-refractivity contribution in [1.82, 2.24) is 9.29 Å². The number of aliphatic hydroxyl groups excluding tert-OH is 1. The van der Waals surface area contributed by atoms with Gasteiger partial charge in [-0.15, -0.1) is 0 Å². The van der Waals surface area contributed by atoms with E-state index >= 15 is 0 Å². The van der Waals surface area contributed by atoms with E-state index in [9.17, 15) is 23.6 Å². The first kappa shape index (κ1) is 22.8. The Labute approximate surface area is 191 Å². The van der Waals surface area contributed by atoms with Gasteiger partial charge >= 0.3 is 0 Å². The molecule has 1 amide bonds. The van der Waals surface area contributed by atoms with Crippen LogP contribution in [0.3, 0.4) is 0 Å². The molecule has 0 spiro atoms. The molecule has 2 atom stereocenters. The Morgan fingerprint density at radius 2 is 2.12 bits per heavy atom. The lowest BCUT2D eigenvalue weighted by molar-refractivity contribution is -0.00323. The minimum atomic E-state index is -4.10. The lowest BCUT2D eigenvalue weighted by Crippen LogP contribution is -2.45. The number of carbonyl (C=O) groups is 1. The van der Waals surface area contributed by atoms with E-state index in [0.717, 1.165) is 5.56 Å². The number of hydrogen-bond donors (Lipinski definition) is 3. The third-order valence-corrected chi connectivity index (χ3v) is 6.87. The average Bonchev–Trinajstić information content (AvgIpc) is 3.01. The summed E-state index contributed by atoms with van der Waals surface area (Å²) >= 11 is 0. The van der Waals surface area contributed by atoms with Crippen LogP contribution in [0.1, 0.15) is 21.6 Å². The number of benzene rings is 1. The van der Waals surface area contributed by atoms with Gasteiger partial charge in [0.1, 0.15) is 17.6 Å². The zero-order chi connectivity index (χ0) is 23.8. The largest absolute Gasteiger partial charge is 0.488 e. The predicted molar refractivity (Wildman–Crippen MR) is 117 cm³/mol. The second-order valence-electron chi connectivity index (χ2n) is 7.88. The number of nitrogens with one attached hydrogen (secondary N) is 2. The Kier molecular flexibility index (Phi) is 6.15. The molecule has 11 heteroatoms. The van der Waals surface area contributed by atoms with Crippen molar-refractivity contribution in [2.75, 3.05) is 25.1 Å². The summed E-state index contributed by atoms with van der Waals surface area (Å²) in [5, 5.41) is 22.3. The number of aryl methyl sites for hydroxylation is 2. The van der Waals surface area contributed by atoms with Crippen LogP contribution < -0.4 is 14.8 Å². The van der Waals surface area contributed by atoms with Crippen molar-refractivity contribution < 1.29 is 27.8 Å². The highest BCUT2D eigenvalue weighted by molar-refractivity contribution is 7.89. The zero-order valence-electron chi connectivity index (χ0n) is 18.0. The Balaban J connectivity index is 1.59. The van der Waals surface area contributed by atoms with Crippen LogP contribution in [0.5, 0.6) is 5.75 Å². The highest BCUT2D eigenvalue weighted by atomic mass is 32.2. The Bertz CT molecular complexity index is 1310. The number of anilines is 1. The summed E-state index contributed by atoms with van der Waals surface area (Å²) in [6, 6.07) is 5.91. The average molecular weight is 471 g/mol. The first-order valence-electron chi connectivity index (χ1n) is 10.1. The maximum absolute atomic E-state index is 13.0. The quantitative estimate of drug-likeness (QED) is 0.555. The van der Waals surface area contributed by atoms with E-state index in [4.69, 9.17) is 9.47 Å². The van der Waals surface area contributed by atoms with Crippen LogP contribution in [0.2, 0.25) is 0 Å². The topological polar surface area (TPSA) is 143 Å². The van der Waals surface area contributed by atoms with Gasteiger partial charge in [0.05, 0.1) is 36.8 Å². The minimum Gasteiger partial charge on any atom is -0.488 e. The fourth-order valence-electron chi connectivity index (χ4n) is 3.43. The van der Waals surface area contributed by atoms with E-state index in [0.29, 0.717) is 24.5 Å². The fourth-order valence-corrected chi connectivity index (χ4v) is 4.85. The van der Waals surface area contributed by atoms with Crippen molar-refractivity contribution in [1.29, 1.82) is 5.26 Å². The predicted octanol–water partition coefficient (Wildman–Crippen LogP) is 0.508. The molecule has 3 heterocycles. The van der Waals surface area contributed by atoms with Gasteiger partial charge in [-0.05, 0) is 24.6 Å². The molecule has 10 nitrogen and oxygen atoms in total. The number of ether oxygens (including phenoxy) is 2. The number of aromatic nitrogens is 1. The number of hydrogen-bond acceptors (Lipinski definition) is 7. The van der Waals surface area contributed by atoms with Crippen LogP contribution >= 0.6 is 0 Å². The highest BCUT2D eigenvalue weighted by Gasteiger charge is 2.36. The van der Waals surface area contributed by atoms with E-state index in [2.05, 4.69) is 27.9 Å². The van der Waals surface area contributed by atoms with E-state index in [1.807, 2.05) is 0 Å². The van der Waals surface area contributed by atoms with Gasteiger partial charge in [-0.1, -0.05) is 17.9 Å². The van der Waals surface area contributed by atoms with Crippen LogP contribution in [-0.4, -0.2) is 56.0 Å². The molecular formula is C22H22N4O6S. The summed E-state index contributed by atoms with van der Waals surface area (Å²) < 4.78 is 40.4. The maximum Gasteiger partial charge on any atom is 0.276 e. The molecule has 3 N–H and O–H groups in total. The fraction of sp³-hybridized carbons (Fsp3) is 0.364. The number of nitriles is 1. The lowest BCUT2D eigenvalue weighted by atomic mass is 10.1. The van der Waals surface area contributed by atoms with Crippen LogP contribution in [0.15, 0.2) is 29.3 Å². The van der Waals surface area contributed by atoms with Crippen molar-refractivity contribution >= 4 is 21.6 Å². The van der Waals surface area contributed by atoms with E-state index in [1.54, 1.807) is 19.1 Å². The third-order valence-electron chi connectivity index (χ3n) is 5.39. The molecule has 0 radical (unpaired) electrons. The van der Waals surface area contributed by atoms with Crippen LogP contribution in [-0.2, 0) is 21.8 Å². The summed E-state index contributed by atoms with van der Waals surface area (Å²) in [6.07, 6.45) is -0.0263. The summed E-state index contributed by atoms with van der Waals surface area (Å²) in [4.78, 5) is 12.8. The molecule has 2 aromatic rings. The standard InChI is InChI=1S/C22H22N4O6S/c1-13-3-5-16(7-15(13)8-23)24-22(28)20-21-19(9-26(20)2)33(29,30)25-17(12-32-21)18(27)6-4-14-10-31-11-14/h3,5,7,9,14,17-18,25,27H,10-12H2,1-2H3,(H,24,28)/t17-,18-/m0/s1. The molecule has 0 saturated carbocycles. The number of nitrogens with zero attached hydrogens (tertiary/aromatic N) is 2. The second-order valence-corrected chi connectivity index (χ2v) is 9.57. The molecule has 0 unspecified atom stereocenters. The normalized spacial score (nSPS) is 20.0. The Morgan fingerprint density at radius 1 is 1.36 bits per heavy atom.